The van der Waals surface area contributed by atoms with Gasteiger partial charge in [0.1, 0.15) is 20.5 Å². The van der Waals surface area contributed by atoms with Crippen LogP contribution in [0.25, 0.3) is 0 Å². The topological polar surface area (TPSA) is 54.0 Å². The summed E-state index contributed by atoms with van der Waals surface area (Å²) in [5.41, 5.74) is -1.94. The molecule has 0 saturated carbocycles. The molecule has 0 saturated heterocycles. The van der Waals surface area contributed by atoms with Crippen molar-refractivity contribution in [3.05, 3.63) is 12.2 Å². The van der Waals surface area contributed by atoms with Crippen LogP contribution in [0.2, 0.25) is 19.6 Å². The van der Waals surface area contributed by atoms with Gasteiger partial charge in [0.05, 0.1) is 5.60 Å². The molecule has 0 spiro atoms. The highest BCUT2D eigenvalue weighted by molar-refractivity contribution is 6.85. The second-order valence-corrected chi connectivity index (χ2v) is 15.9. The number of hydrogen-bond donors (Lipinski definition) is 0. The molecule has 0 N–H and O–H groups in total. The van der Waals surface area contributed by atoms with Crippen LogP contribution in [0.15, 0.2) is 12.2 Å². The number of esters is 1. The van der Waals surface area contributed by atoms with Gasteiger partial charge in [-0.15, -0.1) is 0 Å². The molecule has 0 aromatic carbocycles. The zero-order valence-electron chi connectivity index (χ0n) is 19.3. The molecule has 0 amide bonds. The third-order valence-corrected chi connectivity index (χ3v) is 8.43. The summed E-state index contributed by atoms with van der Waals surface area (Å²) < 4.78 is 24.5. The molecule has 3 unspecified atom stereocenters. The normalized spacial score (nSPS) is 19.4. The highest BCUT2D eigenvalue weighted by Crippen LogP contribution is 2.46. The minimum atomic E-state index is -1.88. The summed E-state index contributed by atoms with van der Waals surface area (Å²) in [7, 11) is 0.637. The Morgan fingerprint density at radius 3 is 2.11 bits per heavy atom. The Kier molecular flexibility index (Phi) is 10.4. The lowest BCUT2D eigenvalue weighted by Crippen LogP contribution is -2.68. The Morgan fingerprint density at radius 2 is 1.74 bits per heavy atom. The van der Waals surface area contributed by atoms with E-state index < -0.39 is 31.1 Å². The molecule has 0 aromatic rings. The van der Waals surface area contributed by atoms with Gasteiger partial charge in [0.25, 0.3) is 0 Å². The van der Waals surface area contributed by atoms with Crippen molar-refractivity contribution in [1.29, 1.82) is 0 Å². The Morgan fingerprint density at radius 1 is 1.19 bits per heavy atom. The molecule has 27 heavy (non-hydrogen) atoms. The van der Waals surface area contributed by atoms with Crippen molar-refractivity contribution in [3.8, 4) is 0 Å². The fraction of sp³-hybridized carbons (Fsp3) is 0.842. The molecule has 0 aliphatic heterocycles. The Bertz CT molecular complexity index is 508. The van der Waals surface area contributed by atoms with Gasteiger partial charge in [0.2, 0.25) is 0 Å². The van der Waals surface area contributed by atoms with Crippen LogP contribution in [0.4, 0.5) is 0 Å². The van der Waals surface area contributed by atoms with E-state index in [1.165, 1.54) is 0 Å². The number of carbonyl (C=O) groups is 1. The van der Waals surface area contributed by atoms with Gasteiger partial charge in [-0.1, -0.05) is 13.5 Å². The lowest BCUT2D eigenvalue weighted by atomic mass is 9.70. The number of carbonyl (C=O) groups excluding carboxylic acids is 1. The van der Waals surface area contributed by atoms with Gasteiger partial charge in [-0.25, -0.2) is 4.79 Å². The first-order valence-corrected chi connectivity index (χ1v) is 19.6. The predicted molar refractivity (Wildman–Crippen MR) is 122 cm³/mol. The first-order chi connectivity index (χ1) is 12.2. The average Bonchev–Trinajstić information content (AvgIpc) is 2.55. The molecule has 0 aliphatic rings. The smallest absolute Gasteiger partial charge is 0.333 e. The van der Waals surface area contributed by atoms with Crippen molar-refractivity contribution >= 4 is 33.3 Å². The van der Waals surface area contributed by atoms with Crippen LogP contribution in [0.3, 0.4) is 0 Å². The maximum atomic E-state index is 12.5. The molecule has 160 valence electrons. The van der Waals surface area contributed by atoms with Crippen LogP contribution in [0, 0.1) is 0 Å². The quantitative estimate of drug-likeness (QED) is 0.193. The van der Waals surface area contributed by atoms with Crippen molar-refractivity contribution in [2.45, 2.75) is 90.3 Å². The van der Waals surface area contributed by atoms with Crippen LogP contribution in [0.5, 0.6) is 0 Å². The summed E-state index contributed by atoms with van der Waals surface area (Å²) in [6.07, 6.45) is 2.18. The van der Waals surface area contributed by atoms with E-state index in [4.69, 9.17) is 18.3 Å². The summed E-state index contributed by atoms with van der Waals surface area (Å²) in [6.45, 7) is 20.7. The first kappa shape index (κ1) is 26.7. The van der Waals surface area contributed by atoms with E-state index in [9.17, 15) is 4.79 Å². The average molecular weight is 435 g/mol. The van der Waals surface area contributed by atoms with Crippen molar-refractivity contribution < 1.29 is 23.1 Å². The fourth-order valence-corrected chi connectivity index (χ4v) is 6.56. The van der Waals surface area contributed by atoms with Gasteiger partial charge in [0.15, 0.2) is 8.32 Å². The SMILES string of the molecule is C=C(C)C(=O)OC(C)(CCCO[SiH2][SiH3])C(C)(OC)C(C)(CC)O[Si](C)(C)C. The molecule has 5 nitrogen and oxygen atoms in total. The van der Waals surface area contributed by atoms with Crippen molar-refractivity contribution in [2.75, 3.05) is 13.7 Å². The Labute approximate surface area is 172 Å². The van der Waals surface area contributed by atoms with Gasteiger partial charge in [-0.2, -0.15) is 0 Å². The summed E-state index contributed by atoms with van der Waals surface area (Å²) in [4.78, 5) is 12.5. The lowest BCUT2D eigenvalue weighted by molar-refractivity contribution is -0.246. The van der Waals surface area contributed by atoms with E-state index in [2.05, 4.69) is 40.1 Å². The summed E-state index contributed by atoms with van der Waals surface area (Å²) in [5.74, 6) is -0.398. The van der Waals surface area contributed by atoms with Crippen LogP contribution in [-0.4, -0.2) is 63.8 Å². The minimum Gasteiger partial charge on any atom is -0.453 e. The number of hydrogen-bond acceptors (Lipinski definition) is 5. The summed E-state index contributed by atoms with van der Waals surface area (Å²) in [6, 6.07) is 0. The second kappa shape index (κ2) is 10.5. The van der Waals surface area contributed by atoms with E-state index in [0.29, 0.717) is 18.6 Å². The van der Waals surface area contributed by atoms with Crippen LogP contribution < -0.4 is 0 Å². The predicted octanol–water partition coefficient (Wildman–Crippen LogP) is 2.45. The maximum Gasteiger partial charge on any atom is 0.333 e. The van der Waals surface area contributed by atoms with Gasteiger partial charge in [0, 0.05) is 29.0 Å². The maximum absolute atomic E-state index is 12.5. The fourth-order valence-electron chi connectivity index (χ4n) is 3.51. The van der Waals surface area contributed by atoms with E-state index in [-0.39, 0.29) is 9.28 Å². The number of rotatable bonds is 13. The van der Waals surface area contributed by atoms with E-state index in [1.54, 1.807) is 14.0 Å². The molecule has 3 atom stereocenters. The highest BCUT2D eigenvalue weighted by Gasteiger charge is 2.59. The minimum absolute atomic E-state index is 0.313. The number of ether oxygens (including phenoxy) is 2. The van der Waals surface area contributed by atoms with Crippen LogP contribution in [-0.2, 0) is 23.1 Å². The molecule has 0 aromatic heterocycles. The monoisotopic (exact) mass is 434 g/mol. The summed E-state index contributed by atoms with van der Waals surface area (Å²) in [5, 5.41) is 0. The molecule has 0 aliphatic carbocycles. The van der Waals surface area contributed by atoms with Gasteiger partial charge in [-0.3, -0.25) is 0 Å². The van der Waals surface area contributed by atoms with Crippen molar-refractivity contribution in [3.63, 3.8) is 0 Å². The van der Waals surface area contributed by atoms with Crippen LogP contribution >= 0.6 is 0 Å². The molecular weight excluding hydrogens is 392 g/mol. The molecule has 0 rings (SSSR count). The van der Waals surface area contributed by atoms with Crippen molar-refractivity contribution in [2.24, 2.45) is 0 Å². The van der Waals surface area contributed by atoms with Gasteiger partial charge in [-0.05, 0) is 66.6 Å². The molecule has 0 heterocycles. The summed E-state index contributed by atoms with van der Waals surface area (Å²) >= 11 is 0. The molecule has 0 fully saturated rings. The van der Waals surface area contributed by atoms with E-state index >= 15 is 0 Å². The van der Waals surface area contributed by atoms with Crippen LogP contribution in [0.1, 0.15) is 53.9 Å². The highest BCUT2D eigenvalue weighted by atomic mass is 29.1. The first-order valence-electron chi connectivity index (χ1n) is 9.94. The van der Waals surface area contributed by atoms with E-state index in [0.717, 1.165) is 22.6 Å². The third kappa shape index (κ3) is 6.93. The number of methoxy groups -OCH3 is 1. The van der Waals surface area contributed by atoms with Gasteiger partial charge < -0.3 is 18.3 Å². The van der Waals surface area contributed by atoms with Gasteiger partial charge >= 0.3 is 5.97 Å². The molecular formula is C19H42O5Si3. The second-order valence-electron chi connectivity index (χ2n) is 8.74. The molecule has 8 heteroatoms. The largest absolute Gasteiger partial charge is 0.453 e. The lowest BCUT2D eigenvalue weighted by Gasteiger charge is -2.55. The van der Waals surface area contributed by atoms with Crippen molar-refractivity contribution in [1.82, 2.24) is 0 Å². The van der Waals surface area contributed by atoms with E-state index in [1.807, 2.05) is 13.8 Å². The zero-order valence-corrected chi connectivity index (χ0v) is 23.7. The Hall–Kier alpha value is -0.259. The molecule has 0 radical (unpaired) electrons. The zero-order chi connectivity index (χ0) is 21.5. The third-order valence-electron chi connectivity index (χ3n) is 5.45. The molecule has 0 bridgehead atoms. The Balaban J connectivity index is 6.07. The standard InChI is InChI=1S/C19H42O5Si3/c1-11-17(4,24-27(8,9)10)19(6,21-7)18(5,13-12-14-22-26-25)23-16(20)15(2)3/h2,11-14,26H2,1,3-10,25H3.